The van der Waals surface area contributed by atoms with Crippen molar-refractivity contribution in [3.63, 3.8) is 0 Å². The molecule has 4 nitrogen and oxygen atoms in total. The Balaban J connectivity index is 1.99. The molecule has 19 heavy (non-hydrogen) atoms. The highest BCUT2D eigenvalue weighted by Gasteiger charge is 2.57. The molecule has 0 atom stereocenters. The smallest absolute Gasteiger partial charge is 0.400 e. The first-order chi connectivity index (χ1) is 8.36. The maximum absolute atomic E-state index is 5.99. The van der Waals surface area contributed by atoms with Gasteiger partial charge in [0.05, 0.1) is 22.4 Å². The fourth-order valence-corrected chi connectivity index (χ4v) is 3.61. The van der Waals surface area contributed by atoms with Crippen LogP contribution in [-0.4, -0.2) is 36.1 Å². The van der Waals surface area contributed by atoms with E-state index in [1.54, 1.807) is 0 Å². The summed E-state index contributed by atoms with van der Waals surface area (Å²) in [4.78, 5) is 0. The van der Waals surface area contributed by atoms with Gasteiger partial charge < -0.3 is 18.6 Å². The van der Waals surface area contributed by atoms with Crippen molar-refractivity contribution in [1.29, 1.82) is 0 Å². The molecule has 2 rings (SSSR count). The molecule has 0 spiro atoms. The zero-order chi connectivity index (χ0) is 14.7. The largest absolute Gasteiger partial charge is 0.479 e. The van der Waals surface area contributed by atoms with E-state index >= 15 is 0 Å². The predicted octanol–water partition coefficient (Wildman–Crippen LogP) is 2.84. The minimum atomic E-state index is -0.297. The fourth-order valence-electron chi connectivity index (χ4n) is 1.93. The summed E-state index contributed by atoms with van der Waals surface area (Å²) in [5.41, 5.74) is -1.19. The molecule has 2 fully saturated rings. The number of rotatable bonds is 2. The van der Waals surface area contributed by atoms with Crippen molar-refractivity contribution in [2.45, 2.75) is 77.8 Å². The zero-order valence-electron chi connectivity index (χ0n) is 13.3. The highest BCUT2D eigenvalue weighted by molar-refractivity contribution is 7.97. The van der Waals surface area contributed by atoms with Crippen LogP contribution in [0.5, 0.6) is 0 Å². The molecule has 7 heteroatoms. The Labute approximate surface area is 119 Å². The first-order valence-electron chi connectivity index (χ1n) is 6.84. The molecular weight excluding hydrogens is 261 g/mol. The molecular formula is C12H25B2O4P. The maximum Gasteiger partial charge on any atom is 0.479 e. The van der Waals surface area contributed by atoms with Gasteiger partial charge in [-0.2, -0.15) is 0 Å². The Hall–Kier alpha value is 0.400. The lowest BCUT2D eigenvalue weighted by molar-refractivity contribution is 0.00578. The van der Waals surface area contributed by atoms with Crippen LogP contribution in [0.25, 0.3) is 0 Å². The first-order valence-corrected chi connectivity index (χ1v) is 7.99. The fraction of sp³-hybridized carbons (Fsp3) is 1.00. The van der Waals surface area contributed by atoms with Gasteiger partial charge in [-0.25, -0.2) is 0 Å². The van der Waals surface area contributed by atoms with E-state index in [2.05, 4.69) is 55.4 Å². The third kappa shape index (κ3) is 2.75. The molecule has 0 amide bonds. The lowest BCUT2D eigenvalue weighted by Crippen LogP contribution is -2.41. The molecule has 2 saturated heterocycles. The molecule has 108 valence electrons. The van der Waals surface area contributed by atoms with Gasteiger partial charge in [-0.3, -0.25) is 0 Å². The number of hydrogen-bond acceptors (Lipinski definition) is 4. The van der Waals surface area contributed by atoms with Crippen LogP contribution in [0.3, 0.4) is 0 Å². The van der Waals surface area contributed by atoms with E-state index in [1.165, 1.54) is 0 Å². The topological polar surface area (TPSA) is 36.9 Å². The Kier molecular flexibility index (Phi) is 3.69. The second-order valence-electron chi connectivity index (χ2n) is 7.34. The molecule has 0 bridgehead atoms. The highest BCUT2D eigenvalue weighted by atomic mass is 31.1. The quantitative estimate of drug-likeness (QED) is 0.577. The van der Waals surface area contributed by atoms with E-state index < -0.39 is 0 Å². The van der Waals surface area contributed by atoms with Crippen molar-refractivity contribution < 1.29 is 18.6 Å². The van der Waals surface area contributed by atoms with Crippen molar-refractivity contribution in [1.82, 2.24) is 0 Å². The Morgan fingerprint density at radius 2 is 0.737 bits per heavy atom. The molecule has 2 aliphatic heterocycles. The third-order valence-corrected chi connectivity index (χ3v) is 5.79. The minimum absolute atomic E-state index is 0.250. The molecule has 0 aromatic heterocycles. The van der Waals surface area contributed by atoms with Crippen LogP contribution in [0.4, 0.5) is 0 Å². The summed E-state index contributed by atoms with van der Waals surface area (Å²) in [6.45, 7) is 16.0. The molecule has 0 aromatic rings. The van der Waals surface area contributed by atoms with Crippen LogP contribution in [0, 0.1) is 0 Å². The normalized spacial score (nSPS) is 30.9. The second-order valence-corrected chi connectivity index (χ2v) is 8.62. The van der Waals surface area contributed by atoms with Gasteiger partial charge in [0.2, 0.25) is 0 Å². The lowest BCUT2D eigenvalue weighted by Gasteiger charge is -2.32. The van der Waals surface area contributed by atoms with Crippen molar-refractivity contribution in [3.8, 4) is 0 Å². The van der Waals surface area contributed by atoms with E-state index in [0.717, 1.165) is 0 Å². The summed E-state index contributed by atoms with van der Waals surface area (Å²) >= 11 is 0. The summed E-state index contributed by atoms with van der Waals surface area (Å²) in [6.07, 6.45) is 0. The third-order valence-electron chi connectivity index (χ3n) is 4.78. The van der Waals surface area contributed by atoms with Crippen LogP contribution < -0.4 is 0 Å². The Morgan fingerprint density at radius 1 is 0.526 bits per heavy atom. The SMILES string of the molecule is CC1(C)OB(PB2OC(C)(C)C(C)(C)O2)OC1(C)C. The summed E-state index contributed by atoms with van der Waals surface area (Å²) in [5.74, 6) is 0. The monoisotopic (exact) mass is 286 g/mol. The second kappa shape index (κ2) is 4.45. The van der Waals surface area contributed by atoms with E-state index in [-0.39, 0.29) is 36.1 Å². The molecule has 0 unspecified atom stereocenters. The summed E-state index contributed by atoms with van der Waals surface area (Å²) in [5, 5.41) is 0. The summed E-state index contributed by atoms with van der Waals surface area (Å²) < 4.78 is 24.0. The van der Waals surface area contributed by atoms with Gasteiger partial charge in [0, 0.05) is 0 Å². The van der Waals surface area contributed by atoms with Crippen LogP contribution >= 0.6 is 8.34 Å². The molecule has 0 radical (unpaired) electrons. The van der Waals surface area contributed by atoms with Crippen LogP contribution in [0.2, 0.25) is 0 Å². The van der Waals surface area contributed by atoms with Gasteiger partial charge in [-0.1, -0.05) is 8.34 Å². The van der Waals surface area contributed by atoms with Gasteiger partial charge in [-0.15, -0.1) is 0 Å². The predicted molar refractivity (Wildman–Crippen MR) is 80.5 cm³/mol. The van der Waals surface area contributed by atoms with Crippen molar-refractivity contribution >= 4 is 22.0 Å². The first kappa shape index (κ1) is 15.8. The van der Waals surface area contributed by atoms with Gasteiger partial charge in [0.25, 0.3) is 0 Å². The van der Waals surface area contributed by atoms with Crippen molar-refractivity contribution in [2.75, 3.05) is 0 Å². The molecule has 0 N–H and O–H groups in total. The molecule has 2 heterocycles. The Morgan fingerprint density at radius 3 is 0.947 bits per heavy atom. The number of hydrogen-bond donors (Lipinski definition) is 0. The average molecular weight is 286 g/mol. The van der Waals surface area contributed by atoms with Crippen molar-refractivity contribution in [3.05, 3.63) is 0 Å². The van der Waals surface area contributed by atoms with E-state index in [4.69, 9.17) is 18.6 Å². The van der Waals surface area contributed by atoms with Crippen molar-refractivity contribution in [2.24, 2.45) is 0 Å². The lowest BCUT2D eigenvalue weighted by atomic mass is 9.90. The summed E-state index contributed by atoms with van der Waals surface area (Å²) in [7, 11) is 0.318. The molecule has 0 aliphatic carbocycles. The van der Waals surface area contributed by atoms with Crippen LogP contribution in [0.1, 0.15) is 55.4 Å². The average Bonchev–Trinajstić information content (AvgIpc) is 2.42. The molecule has 2 aliphatic rings. The van der Waals surface area contributed by atoms with Gasteiger partial charge >= 0.3 is 13.7 Å². The highest BCUT2D eigenvalue weighted by Crippen LogP contribution is 2.47. The molecule has 0 aromatic carbocycles. The van der Waals surface area contributed by atoms with Crippen LogP contribution in [-0.2, 0) is 18.6 Å². The van der Waals surface area contributed by atoms with E-state index in [1.807, 2.05) is 0 Å². The van der Waals surface area contributed by atoms with E-state index in [0.29, 0.717) is 8.34 Å². The Bertz CT molecular complexity index is 305. The summed E-state index contributed by atoms with van der Waals surface area (Å²) in [6, 6.07) is 0. The van der Waals surface area contributed by atoms with Gasteiger partial charge in [-0.05, 0) is 55.4 Å². The maximum atomic E-state index is 5.99. The molecule has 0 saturated carbocycles. The minimum Gasteiger partial charge on any atom is -0.400 e. The van der Waals surface area contributed by atoms with Gasteiger partial charge in [0.1, 0.15) is 0 Å². The van der Waals surface area contributed by atoms with Gasteiger partial charge in [0.15, 0.2) is 0 Å². The standard InChI is InChI=1S/C12H25B2O4P/c1-9(2)10(3,4)16-13(15-9)19-14-17-11(5,6)12(7,8)18-14/h19H,1-8H3. The zero-order valence-corrected chi connectivity index (χ0v) is 14.3. The van der Waals surface area contributed by atoms with Crippen LogP contribution in [0.15, 0.2) is 0 Å². The van der Waals surface area contributed by atoms with E-state index in [9.17, 15) is 0 Å².